The second-order valence-electron chi connectivity index (χ2n) is 9.34. The average Bonchev–Trinajstić information content (AvgIpc) is 3.16. The smallest absolute Gasteiger partial charge is 0.346 e. The fraction of sp³-hybridized carbons (Fsp3) is 0.276. The second-order valence-corrected chi connectivity index (χ2v) is 10.2. The van der Waals surface area contributed by atoms with E-state index >= 15 is 0 Å². The monoisotopic (exact) mass is 502 g/mol. The molecule has 1 atom stereocenters. The van der Waals surface area contributed by atoms with Crippen molar-refractivity contribution in [3.63, 3.8) is 0 Å². The van der Waals surface area contributed by atoms with Crippen LogP contribution in [0, 0.1) is 5.92 Å². The minimum absolute atomic E-state index is 0.161. The number of benzene rings is 3. The van der Waals surface area contributed by atoms with Crippen LogP contribution in [0.4, 0.5) is 0 Å². The van der Waals surface area contributed by atoms with Crippen LogP contribution in [0.25, 0.3) is 5.69 Å². The molecule has 0 amide bonds. The van der Waals surface area contributed by atoms with Gasteiger partial charge in [0.2, 0.25) is 0 Å². The van der Waals surface area contributed by atoms with Crippen molar-refractivity contribution in [3.05, 3.63) is 121 Å². The van der Waals surface area contributed by atoms with E-state index in [1.807, 2.05) is 61.5 Å². The predicted molar refractivity (Wildman–Crippen MR) is 143 cm³/mol. The van der Waals surface area contributed by atoms with Gasteiger partial charge in [-0.3, -0.25) is 9.59 Å². The molecule has 0 fully saturated rings. The quantitative estimate of drug-likeness (QED) is 0.297. The lowest BCUT2D eigenvalue weighted by Crippen LogP contribution is -2.28. The SMILES string of the molecule is CC(C)Cc1ccc(C(C)C(=O)OCc2ccc(Cn3c(=O)sn(-c4ccccc4)c3=O)cc2)cc1. The molecule has 36 heavy (non-hydrogen) atoms. The average molecular weight is 503 g/mol. The Morgan fingerprint density at radius 1 is 0.833 bits per heavy atom. The highest BCUT2D eigenvalue weighted by Crippen LogP contribution is 2.20. The zero-order valence-corrected chi connectivity index (χ0v) is 21.5. The summed E-state index contributed by atoms with van der Waals surface area (Å²) in [6.45, 7) is 6.56. The largest absolute Gasteiger partial charge is 0.460 e. The number of aromatic nitrogens is 2. The Kier molecular flexibility index (Phi) is 8.00. The fourth-order valence-electron chi connectivity index (χ4n) is 3.97. The van der Waals surface area contributed by atoms with E-state index in [1.54, 1.807) is 12.1 Å². The molecule has 7 heteroatoms. The summed E-state index contributed by atoms with van der Waals surface area (Å²) < 4.78 is 8.16. The normalized spacial score (nSPS) is 12.0. The van der Waals surface area contributed by atoms with Crippen molar-refractivity contribution in [1.82, 2.24) is 8.52 Å². The summed E-state index contributed by atoms with van der Waals surface area (Å²) in [5.74, 6) is -0.0413. The van der Waals surface area contributed by atoms with Gasteiger partial charge in [0.1, 0.15) is 6.61 Å². The Bertz CT molecular complexity index is 1420. The standard InChI is InChI=1S/C29H30N2O4S/c1-20(2)17-22-13-15-25(16-14-22)21(3)27(32)35-19-24-11-9-23(10-12-24)18-30-28(33)31(36-29(30)34)26-7-5-4-6-8-26/h4-16,20-21H,17-19H2,1-3H3. The zero-order chi connectivity index (χ0) is 25.7. The first kappa shape index (κ1) is 25.4. The topological polar surface area (TPSA) is 70.3 Å². The first-order valence-corrected chi connectivity index (χ1v) is 12.8. The molecule has 1 aromatic heterocycles. The lowest BCUT2D eigenvalue weighted by molar-refractivity contribution is -0.146. The minimum Gasteiger partial charge on any atom is -0.460 e. The van der Waals surface area contributed by atoms with Crippen LogP contribution < -0.4 is 10.6 Å². The van der Waals surface area contributed by atoms with E-state index in [4.69, 9.17) is 4.74 Å². The predicted octanol–water partition coefficient (Wildman–Crippen LogP) is 5.15. The van der Waals surface area contributed by atoms with E-state index in [0.717, 1.165) is 34.6 Å². The van der Waals surface area contributed by atoms with Crippen molar-refractivity contribution >= 4 is 17.5 Å². The first-order chi connectivity index (χ1) is 17.3. The molecule has 0 aliphatic rings. The molecular weight excluding hydrogens is 472 g/mol. The highest BCUT2D eigenvalue weighted by atomic mass is 32.1. The third-order valence-corrected chi connectivity index (χ3v) is 6.93. The summed E-state index contributed by atoms with van der Waals surface area (Å²) >= 11 is 0.886. The lowest BCUT2D eigenvalue weighted by atomic mass is 9.97. The number of para-hydroxylation sites is 1. The molecule has 1 unspecified atom stereocenters. The summed E-state index contributed by atoms with van der Waals surface area (Å²) in [6, 6.07) is 24.6. The number of hydrogen-bond donors (Lipinski definition) is 0. The van der Waals surface area contributed by atoms with Crippen LogP contribution in [-0.2, 0) is 29.1 Å². The summed E-state index contributed by atoms with van der Waals surface area (Å²) in [5.41, 5.74) is 4.16. The molecule has 3 aromatic carbocycles. The summed E-state index contributed by atoms with van der Waals surface area (Å²) in [5, 5.41) is 0. The number of ether oxygens (including phenoxy) is 1. The number of carbonyl (C=O) groups excluding carboxylic acids is 1. The Morgan fingerprint density at radius 3 is 2.08 bits per heavy atom. The third-order valence-electron chi connectivity index (χ3n) is 6.01. The van der Waals surface area contributed by atoms with Crippen LogP contribution in [0.15, 0.2) is 88.5 Å². The van der Waals surface area contributed by atoms with Gasteiger partial charge in [-0.05, 0) is 53.6 Å². The van der Waals surface area contributed by atoms with E-state index < -0.39 is 0 Å². The minimum atomic E-state index is -0.361. The van der Waals surface area contributed by atoms with Gasteiger partial charge in [-0.15, -0.1) is 0 Å². The van der Waals surface area contributed by atoms with Gasteiger partial charge >= 0.3 is 16.5 Å². The third kappa shape index (κ3) is 6.10. The number of nitrogens with zero attached hydrogens (tertiary/aromatic N) is 2. The maximum Gasteiger partial charge on any atom is 0.346 e. The highest BCUT2D eigenvalue weighted by Gasteiger charge is 2.17. The van der Waals surface area contributed by atoms with Gasteiger partial charge in [0, 0.05) is 11.5 Å². The van der Waals surface area contributed by atoms with Gasteiger partial charge in [-0.1, -0.05) is 80.6 Å². The molecule has 186 valence electrons. The van der Waals surface area contributed by atoms with Crippen molar-refractivity contribution in [2.45, 2.75) is 46.3 Å². The van der Waals surface area contributed by atoms with Gasteiger partial charge in [0.15, 0.2) is 0 Å². The molecule has 6 nitrogen and oxygen atoms in total. The van der Waals surface area contributed by atoms with E-state index in [9.17, 15) is 14.4 Å². The number of hydrogen-bond acceptors (Lipinski definition) is 5. The van der Waals surface area contributed by atoms with E-state index in [2.05, 4.69) is 26.0 Å². The Labute approximate surface area is 214 Å². The molecule has 4 aromatic rings. The van der Waals surface area contributed by atoms with Gasteiger partial charge < -0.3 is 4.74 Å². The number of rotatable bonds is 9. The molecule has 0 saturated heterocycles. The molecule has 0 N–H and O–H groups in total. The number of esters is 1. The van der Waals surface area contributed by atoms with Gasteiger partial charge in [-0.25, -0.2) is 13.3 Å². The summed E-state index contributed by atoms with van der Waals surface area (Å²) in [6.07, 6.45) is 1.01. The van der Waals surface area contributed by atoms with Gasteiger partial charge in [-0.2, -0.15) is 0 Å². The van der Waals surface area contributed by atoms with Crippen LogP contribution >= 0.6 is 11.5 Å². The molecule has 0 saturated carbocycles. The van der Waals surface area contributed by atoms with Crippen molar-refractivity contribution in [2.75, 3.05) is 0 Å². The van der Waals surface area contributed by atoms with E-state index in [-0.39, 0.29) is 35.6 Å². The van der Waals surface area contributed by atoms with Crippen LogP contribution in [0.2, 0.25) is 0 Å². The van der Waals surface area contributed by atoms with Gasteiger partial charge in [0.05, 0.1) is 18.2 Å². The maximum atomic E-state index is 12.8. The zero-order valence-electron chi connectivity index (χ0n) is 20.7. The van der Waals surface area contributed by atoms with E-state index in [0.29, 0.717) is 11.6 Å². The number of carbonyl (C=O) groups is 1. The Balaban J connectivity index is 1.35. The molecule has 1 heterocycles. The molecular formula is C29H30N2O4S. The molecule has 0 spiro atoms. The van der Waals surface area contributed by atoms with Crippen LogP contribution in [-0.4, -0.2) is 14.5 Å². The van der Waals surface area contributed by atoms with Crippen LogP contribution in [0.3, 0.4) is 0 Å². The molecule has 0 radical (unpaired) electrons. The highest BCUT2D eigenvalue weighted by molar-refractivity contribution is 7.03. The first-order valence-electron chi connectivity index (χ1n) is 12.0. The van der Waals surface area contributed by atoms with Crippen molar-refractivity contribution in [2.24, 2.45) is 5.92 Å². The van der Waals surface area contributed by atoms with Crippen LogP contribution in [0.1, 0.15) is 48.9 Å². The van der Waals surface area contributed by atoms with Crippen LogP contribution in [0.5, 0.6) is 0 Å². The fourth-order valence-corrected chi connectivity index (χ4v) is 4.77. The van der Waals surface area contributed by atoms with E-state index in [1.165, 1.54) is 14.1 Å². The molecule has 0 bridgehead atoms. The lowest BCUT2D eigenvalue weighted by Gasteiger charge is -2.13. The summed E-state index contributed by atoms with van der Waals surface area (Å²) in [7, 11) is 0. The molecule has 0 aliphatic heterocycles. The Hall–Kier alpha value is -3.71. The van der Waals surface area contributed by atoms with Crippen molar-refractivity contribution in [1.29, 1.82) is 0 Å². The maximum absolute atomic E-state index is 12.8. The molecule has 4 rings (SSSR count). The van der Waals surface area contributed by atoms with Gasteiger partial charge in [0.25, 0.3) is 0 Å². The summed E-state index contributed by atoms with van der Waals surface area (Å²) in [4.78, 5) is 37.5. The van der Waals surface area contributed by atoms with Crippen molar-refractivity contribution in [3.8, 4) is 5.69 Å². The molecule has 0 aliphatic carbocycles. The second kappa shape index (κ2) is 11.4. The van der Waals surface area contributed by atoms with Crippen molar-refractivity contribution < 1.29 is 9.53 Å². The Morgan fingerprint density at radius 2 is 1.44 bits per heavy atom.